The fraction of sp³-hybridized carbons (Fsp3) is 0.316. The first-order chi connectivity index (χ1) is 11.6. The van der Waals surface area contributed by atoms with E-state index in [0.29, 0.717) is 23.0 Å². The van der Waals surface area contributed by atoms with Crippen molar-refractivity contribution in [1.29, 1.82) is 0 Å². The second-order valence-corrected chi connectivity index (χ2v) is 6.34. The van der Waals surface area contributed by atoms with Gasteiger partial charge in [-0.2, -0.15) is 0 Å². The lowest BCUT2D eigenvalue weighted by atomic mass is 10.0. The number of hydrogen-bond donors (Lipinski definition) is 3. The zero-order valence-corrected chi connectivity index (χ0v) is 14.0. The molecule has 0 bridgehead atoms. The van der Waals surface area contributed by atoms with Crippen molar-refractivity contribution in [1.82, 2.24) is 4.90 Å². The number of carbonyl (C=O) groups excluding carboxylic acids is 1. The minimum Gasteiger partial charge on any atom is -0.397 e. The van der Waals surface area contributed by atoms with Gasteiger partial charge in [0.1, 0.15) is 0 Å². The number of nitrogens with one attached hydrogen (secondary N) is 2. The van der Waals surface area contributed by atoms with Crippen LogP contribution in [0.3, 0.4) is 0 Å². The summed E-state index contributed by atoms with van der Waals surface area (Å²) in [5.41, 5.74) is 8.73. The molecule has 1 amide bonds. The molecule has 1 saturated heterocycles. The minimum atomic E-state index is -0.154. The van der Waals surface area contributed by atoms with Crippen LogP contribution in [0.4, 0.5) is 17.1 Å². The Hall–Kier alpha value is -2.53. The van der Waals surface area contributed by atoms with E-state index in [0.717, 1.165) is 31.6 Å². The molecular formula is C19H24N4O. The van der Waals surface area contributed by atoms with Crippen LogP contribution in [-0.4, -0.2) is 37.0 Å². The van der Waals surface area contributed by atoms with E-state index in [1.165, 1.54) is 0 Å². The first kappa shape index (κ1) is 16.3. The second kappa shape index (κ2) is 7.36. The molecule has 0 aliphatic carbocycles. The molecule has 3 rings (SSSR count). The van der Waals surface area contributed by atoms with Crippen molar-refractivity contribution in [2.75, 3.05) is 36.5 Å². The average Bonchev–Trinajstić information content (AvgIpc) is 2.59. The van der Waals surface area contributed by atoms with Crippen LogP contribution < -0.4 is 16.4 Å². The smallest absolute Gasteiger partial charge is 0.255 e. The molecule has 2 aromatic rings. The van der Waals surface area contributed by atoms with Crippen molar-refractivity contribution in [3.63, 3.8) is 0 Å². The molecule has 2 aromatic carbocycles. The number of likely N-dealkylation sites (tertiary alicyclic amines) is 1. The average molecular weight is 324 g/mol. The predicted octanol–water partition coefficient (Wildman–Crippen LogP) is 3.03. The summed E-state index contributed by atoms with van der Waals surface area (Å²) in [6.07, 6.45) is 2.29. The summed E-state index contributed by atoms with van der Waals surface area (Å²) in [7, 11) is 2.16. The molecule has 126 valence electrons. The van der Waals surface area contributed by atoms with E-state index < -0.39 is 0 Å². The summed E-state index contributed by atoms with van der Waals surface area (Å²) in [5.74, 6) is -0.154. The van der Waals surface area contributed by atoms with Gasteiger partial charge in [-0.1, -0.05) is 12.1 Å². The number of nitrogen functional groups attached to an aromatic ring is 1. The van der Waals surface area contributed by atoms with Crippen molar-refractivity contribution in [3.8, 4) is 0 Å². The highest BCUT2D eigenvalue weighted by molar-refractivity contribution is 6.05. The van der Waals surface area contributed by atoms with E-state index >= 15 is 0 Å². The van der Waals surface area contributed by atoms with Crippen LogP contribution in [-0.2, 0) is 0 Å². The molecule has 24 heavy (non-hydrogen) atoms. The van der Waals surface area contributed by atoms with Gasteiger partial charge < -0.3 is 21.3 Å². The third-order valence-corrected chi connectivity index (χ3v) is 4.45. The summed E-state index contributed by atoms with van der Waals surface area (Å²) < 4.78 is 0. The minimum absolute atomic E-state index is 0.154. The maximum atomic E-state index is 12.3. The Balaban J connectivity index is 1.59. The number of benzene rings is 2. The summed E-state index contributed by atoms with van der Waals surface area (Å²) in [6, 6.07) is 15.4. The van der Waals surface area contributed by atoms with Crippen molar-refractivity contribution in [2.24, 2.45) is 0 Å². The Kier molecular flexibility index (Phi) is 5.01. The van der Waals surface area contributed by atoms with Gasteiger partial charge in [0.25, 0.3) is 5.91 Å². The molecule has 0 aromatic heterocycles. The Morgan fingerprint density at radius 3 is 2.42 bits per heavy atom. The lowest BCUT2D eigenvalue weighted by Gasteiger charge is -2.30. The van der Waals surface area contributed by atoms with E-state index in [9.17, 15) is 4.79 Å². The van der Waals surface area contributed by atoms with Gasteiger partial charge >= 0.3 is 0 Å². The van der Waals surface area contributed by atoms with Crippen LogP contribution in [0.5, 0.6) is 0 Å². The van der Waals surface area contributed by atoms with Crippen molar-refractivity contribution < 1.29 is 4.79 Å². The van der Waals surface area contributed by atoms with E-state index in [2.05, 4.69) is 22.6 Å². The van der Waals surface area contributed by atoms with Gasteiger partial charge in [0, 0.05) is 17.3 Å². The van der Waals surface area contributed by atoms with Crippen LogP contribution in [0, 0.1) is 0 Å². The molecule has 0 spiro atoms. The first-order valence-electron chi connectivity index (χ1n) is 8.33. The normalized spacial score (nSPS) is 15.9. The number of nitrogens with zero attached hydrogens (tertiary/aromatic N) is 1. The zero-order valence-electron chi connectivity index (χ0n) is 14.0. The van der Waals surface area contributed by atoms with Crippen LogP contribution in [0.15, 0.2) is 48.5 Å². The van der Waals surface area contributed by atoms with Gasteiger partial charge in [-0.3, -0.25) is 4.79 Å². The highest BCUT2D eigenvalue weighted by atomic mass is 16.1. The second-order valence-electron chi connectivity index (χ2n) is 6.34. The Morgan fingerprint density at radius 1 is 1.08 bits per heavy atom. The van der Waals surface area contributed by atoms with E-state index in [-0.39, 0.29) is 5.91 Å². The number of nitrogens with two attached hydrogens (primary N) is 1. The molecule has 0 saturated carbocycles. The summed E-state index contributed by atoms with van der Waals surface area (Å²) in [4.78, 5) is 14.7. The quantitative estimate of drug-likeness (QED) is 0.756. The van der Waals surface area contributed by atoms with E-state index in [1.807, 2.05) is 36.4 Å². The summed E-state index contributed by atoms with van der Waals surface area (Å²) in [6.45, 7) is 2.24. The Morgan fingerprint density at radius 2 is 1.75 bits per heavy atom. The molecule has 0 atom stereocenters. The predicted molar refractivity (Wildman–Crippen MR) is 99.4 cm³/mol. The molecule has 1 heterocycles. The third-order valence-electron chi connectivity index (χ3n) is 4.45. The van der Waals surface area contributed by atoms with Crippen LogP contribution in [0.25, 0.3) is 0 Å². The van der Waals surface area contributed by atoms with Gasteiger partial charge in [0.05, 0.1) is 11.4 Å². The highest BCUT2D eigenvalue weighted by Crippen LogP contribution is 2.19. The van der Waals surface area contributed by atoms with Gasteiger partial charge in [0.2, 0.25) is 0 Å². The van der Waals surface area contributed by atoms with Gasteiger partial charge in [-0.15, -0.1) is 0 Å². The number of carbonyl (C=O) groups is 1. The fourth-order valence-electron chi connectivity index (χ4n) is 2.91. The number of anilines is 3. The Labute approximate surface area is 142 Å². The molecule has 5 heteroatoms. The fourth-order valence-corrected chi connectivity index (χ4v) is 2.91. The first-order valence-corrected chi connectivity index (χ1v) is 8.33. The molecule has 0 unspecified atom stereocenters. The monoisotopic (exact) mass is 324 g/mol. The topological polar surface area (TPSA) is 70.4 Å². The number of amides is 1. The summed E-state index contributed by atoms with van der Waals surface area (Å²) in [5, 5.41) is 6.39. The molecular weight excluding hydrogens is 300 g/mol. The van der Waals surface area contributed by atoms with Crippen LogP contribution >= 0.6 is 0 Å². The maximum Gasteiger partial charge on any atom is 0.255 e. The molecule has 4 N–H and O–H groups in total. The largest absolute Gasteiger partial charge is 0.397 e. The molecule has 0 radical (unpaired) electrons. The van der Waals surface area contributed by atoms with Crippen LogP contribution in [0.1, 0.15) is 23.2 Å². The number of rotatable bonds is 4. The lowest BCUT2D eigenvalue weighted by molar-refractivity contribution is 0.102. The molecule has 1 aliphatic heterocycles. The zero-order chi connectivity index (χ0) is 16.9. The van der Waals surface area contributed by atoms with E-state index in [1.54, 1.807) is 12.1 Å². The molecule has 1 aliphatic rings. The number of piperidine rings is 1. The standard InChI is InChI=1S/C19H24N4O/c1-23-12-10-16(11-13-23)21-15-8-6-14(7-9-15)19(24)22-18-5-3-2-4-17(18)20/h2-9,16,21H,10-13,20H2,1H3,(H,22,24). The lowest BCUT2D eigenvalue weighted by Crippen LogP contribution is -2.36. The third kappa shape index (κ3) is 4.06. The van der Waals surface area contributed by atoms with Gasteiger partial charge in [-0.25, -0.2) is 0 Å². The SMILES string of the molecule is CN1CCC(Nc2ccc(C(=O)Nc3ccccc3N)cc2)CC1. The Bertz CT molecular complexity index is 691. The van der Waals surface area contributed by atoms with Crippen molar-refractivity contribution >= 4 is 23.0 Å². The van der Waals surface area contributed by atoms with E-state index in [4.69, 9.17) is 5.73 Å². The number of para-hydroxylation sites is 2. The van der Waals surface area contributed by atoms with Gasteiger partial charge in [-0.05, 0) is 69.4 Å². The number of hydrogen-bond acceptors (Lipinski definition) is 4. The summed E-state index contributed by atoms with van der Waals surface area (Å²) >= 11 is 0. The van der Waals surface area contributed by atoms with Crippen LogP contribution in [0.2, 0.25) is 0 Å². The molecule has 5 nitrogen and oxygen atoms in total. The maximum absolute atomic E-state index is 12.3. The van der Waals surface area contributed by atoms with Crippen molar-refractivity contribution in [3.05, 3.63) is 54.1 Å². The highest BCUT2D eigenvalue weighted by Gasteiger charge is 2.16. The van der Waals surface area contributed by atoms with Crippen molar-refractivity contribution in [2.45, 2.75) is 18.9 Å². The van der Waals surface area contributed by atoms with Gasteiger partial charge in [0.15, 0.2) is 0 Å². The molecule has 1 fully saturated rings.